The molecule has 0 spiro atoms. The van der Waals surface area contributed by atoms with Gasteiger partial charge in [-0.3, -0.25) is 9.59 Å². The van der Waals surface area contributed by atoms with E-state index in [0.717, 1.165) is 51.4 Å². The number of hydrogen-bond donors (Lipinski definition) is 3. The fourth-order valence-corrected chi connectivity index (χ4v) is 11.7. The van der Waals surface area contributed by atoms with E-state index in [2.05, 4.69) is 43.5 Å². The van der Waals surface area contributed by atoms with Crippen molar-refractivity contribution in [1.82, 2.24) is 5.32 Å². The summed E-state index contributed by atoms with van der Waals surface area (Å²) in [5.41, 5.74) is 0. The molecule has 0 saturated carbocycles. The highest BCUT2D eigenvalue weighted by Gasteiger charge is 2.18. The summed E-state index contributed by atoms with van der Waals surface area (Å²) in [7, 11) is 0. The highest BCUT2D eigenvalue weighted by atomic mass is 16.5. The Hall–Kier alpha value is -1.92. The molecule has 2 atom stereocenters. The maximum absolute atomic E-state index is 12.5. The zero-order valence-corrected chi connectivity index (χ0v) is 55.5. The first-order valence-electron chi connectivity index (χ1n) is 37.3. The third-order valence-corrected chi connectivity index (χ3v) is 17.4. The van der Waals surface area contributed by atoms with Crippen molar-refractivity contribution in [3.8, 4) is 0 Å². The van der Waals surface area contributed by atoms with Gasteiger partial charge in [-0.2, -0.15) is 0 Å². The highest BCUT2D eigenvalue weighted by molar-refractivity contribution is 5.76. The Bertz CT molecular complexity index is 1330. The summed E-state index contributed by atoms with van der Waals surface area (Å²) < 4.78 is 5.49. The lowest BCUT2D eigenvalue weighted by atomic mass is 10.0. The molecule has 0 radical (unpaired) electrons. The molecule has 6 nitrogen and oxygen atoms in total. The molecule has 0 bridgehead atoms. The third kappa shape index (κ3) is 67.2. The van der Waals surface area contributed by atoms with E-state index in [4.69, 9.17) is 4.74 Å². The van der Waals surface area contributed by atoms with Crippen molar-refractivity contribution in [3.05, 3.63) is 36.5 Å². The van der Waals surface area contributed by atoms with Gasteiger partial charge in [0, 0.05) is 12.8 Å². The standard InChI is InChI=1S/C76H145NO5/c1-3-5-7-9-11-13-15-17-19-20-21-22-28-31-34-37-41-44-48-52-56-60-64-68-74(79)73(72-78)77-75(80)69-65-61-57-53-49-45-42-38-35-32-29-26-24-23-25-27-30-33-36-39-43-47-51-55-59-63-67-71-82-76(81)70-66-62-58-54-50-46-40-18-16-14-12-10-8-6-4-2/h12,14,18,40,64,68,73-74,78-79H,3-11,13,15-17,19-39,41-63,65-67,69-72H2,1-2H3,(H,77,80)/b14-12-,40-18-,68-64+. The molecule has 0 aromatic carbocycles. The quantitative estimate of drug-likeness (QED) is 0.0320. The summed E-state index contributed by atoms with van der Waals surface area (Å²) in [6.45, 7) is 4.91. The number of amides is 1. The van der Waals surface area contributed by atoms with Gasteiger partial charge in [0.1, 0.15) is 0 Å². The summed E-state index contributed by atoms with van der Waals surface area (Å²) in [5.74, 6) is -0.0567. The number of carbonyl (C=O) groups is 2. The van der Waals surface area contributed by atoms with Crippen LogP contribution >= 0.6 is 0 Å². The molecule has 0 aliphatic heterocycles. The molecule has 0 heterocycles. The molecule has 6 heteroatoms. The number of rotatable bonds is 70. The van der Waals surface area contributed by atoms with Gasteiger partial charge < -0.3 is 20.3 Å². The molecule has 3 N–H and O–H groups in total. The van der Waals surface area contributed by atoms with E-state index in [9.17, 15) is 19.8 Å². The number of nitrogens with one attached hydrogen (secondary N) is 1. The molecule has 2 unspecified atom stereocenters. The van der Waals surface area contributed by atoms with E-state index in [1.807, 2.05) is 6.08 Å². The summed E-state index contributed by atoms with van der Waals surface area (Å²) >= 11 is 0. The van der Waals surface area contributed by atoms with Crippen LogP contribution in [0.15, 0.2) is 36.5 Å². The summed E-state index contributed by atoms with van der Waals surface area (Å²) in [5, 5.41) is 23.3. The largest absolute Gasteiger partial charge is 0.466 e. The van der Waals surface area contributed by atoms with Crippen molar-refractivity contribution < 1.29 is 24.5 Å². The lowest BCUT2D eigenvalue weighted by Crippen LogP contribution is -2.45. The average Bonchev–Trinajstić information content (AvgIpc) is 3.48. The smallest absolute Gasteiger partial charge is 0.305 e. The van der Waals surface area contributed by atoms with Crippen LogP contribution in [-0.2, 0) is 14.3 Å². The molecule has 0 rings (SSSR count). The van der Waals surface area contributed by atoms with Gasteiger partial charge in [0.05, 0.1) is 25.4 Å². The minimum atomic E-state index is -0.844. The molecule has 0 fully saturated rings. The van der Waals surface area contributed by atoms with Gasteiger partial charge in [0.15, 0.2) is 0 Å². The van der Waals surface area contributed by atoms with E-state index >= 15 is 0 Å². The second-order valence-electron chi connectivity index (χ2n) is 25.6. The van der Waals surface area contributed by atoms with Gasteiger partial charge >= 0.3 is 5.97 Å². The van der Waals surface area contributed by atoms with E-state index in [1.54, 1.807) is 6.08 Å². The monoisotopic (exact) mass is 1150 g/mol. The predicted octanol–water partition coefficient (Wildman–Crippen LogP) is 24.3. The van der Waals surface area contributed by atoms with Crippen LogP contribution in [0.25, 0.3) is 0 Å². The van der Waals surface area contributed by atoms with Crippen LogP contribution in [0.3, 0.4) is 0 Å². The number of ether oxygens (including phenoxy) is 1. The highest BCUT2D eigenvalue weighted by Crippen LogP contribution is 2.19. The molecule has 0 saturated heterocycles. The van der Waals surface area contributed by atoms with Crippen molar-refractivity contribution in [3.63, 3.8) is 0 Å². The number of aliphatic hydroxyl groups is 2. The van der Waals surface area contributed by atoms with Crippen molar-refractivity contribution in [2.24, 2.45) is 0 Å². The molecule has 1 amide bonds. The molecular formula is C76H145NO5. The molecule has 0 aromatic rings. The first-order chi connectivity index (χ1) is 40.5. The van der Waals surface area contributed by atoms with E-state index in [0.29, 0.717) is 19.4 Å². The summed E-state index contributed by atoms with van der Waals surface area (Å²) in [6, 6.07) is -0.627. The molecule has 0 aliphatic rings. The maximum atomic E-state index is 12.5. The Labute approximate surface area is 513 Å². The fourth-order valence-electron chi connectivity index (χ4n) is 11.7. The van der Waals surface area contributed by atoms with Gasteiger partial charge in [-0.25, -0.2) is 0 Å². The third-order valence-electron chi connectivity index (χ3n) is 17.4. The van der Waals surface area contributed by atoms with Crippen LogP contribution in [0.1, 0.15) is 412 Å². The Kier molecular flexibility index (Phi) is 69.9. The maximum Gasteiger partial charge on any atom is 0.305 e. The molecule has 484 valence electrons. The van der Waals surface area contributed by atoms with Gasteiger partial charge in [-0.05, 0) is 64.2 Å². The van der Waals surface area contributed by atoms with E-state index in [-0.39, 0.29) is 18.5 Å². The number of allylic oxidation sites excluding steroid dienone is 5. The SMILES string of the molecule is CCCCC/C=C\C/C=C\CCCCCCCC(=O)OCCCCCCCCCCCCCCCCCCCCCCCCCCCCCC(=O)NC(CO)C(O)/C=C/CCCCCCCCCCCCCCCCCCCCCCC. The number of carbonyl (C=O) groups excluding carboxylic acids is 2. The zero-order chi connectivity index (χ0) is 59.2. The Balaban J connectivity index is 3.38. The van der Waals surface area contributed by atoms with Crippen LogP contribution < -0.4 is 5.32 Å². The minimum Gasteiger partial charge on any atom is -0.466 e. The summed E-state index contributed by atoms with van der Waals surface area (Å²) in [6.07, 6.45) is 92.4. The Morgan fingerprint density at radius 3 is 0.951 bits per heavy atom. The molecule has 82 heavy (non-hydrogen) atoms. The zero-order valence-electron chi connectivity index (χ0n) is 55.5. The lowest BCUT2D eigenvalue weighted by molar-refractivity contribution is -0.143. The molecule has 0 aliphatic carbocycles. The van der Waals surface area contributed by atoms with Crippen LogP contribution in [0.4, 0.5) is 0 Å². The van der Waals surface area contributed by atoms with Crippen LogP contribution in [0.2, 0.25) is 0 Å². The van der Waals surface area contributed by atoms with Gasteiger partial charge in [-0.1, -0.05) is 371 Å². The second-order valence-corrected chi connectivity index (χ2v) is 25.6. The van der Waals surface area contributed by atoms with Crippen molar-refractivity contribution >= 4 is 11.9 Å². The van der Waals surface area contributed by atoms with Gasteiger partial charge in [0.25, 0.3) is 0 Å². The summed E-state index contributed by atoms with van der Waals surface area (Å²) in [4.78, 5) is 24.6. The van der Waals surface area contributed by atoms with E-state index in [1.165, 1.54) is 334 Å². The first kappa shape index (κ1) is 80.1. The molecule has 0 aromatic heterocycles. The second kappa shape index (κ2) is 71.6. The first-order valence-corrected chi connectivity index (χ1v) is 37.3. The molecular weight excluding hydrogens is 1010 g/mol. The van der Waals surface area contributed by atoms with Gasteiger partial charge in [0.2, 0.25) is 5.91 Å². The Morgan fingerprint density at radius 2 is 0.610 bits per heavy atom. The van der Waals surface area contributed by atoms with Crippen molar-refractivity contribution in [2.75, 3.05) is 13.2 Å². The fraction of sp³-hybridized carbons (Fsp3) is 0.895. The van der Waals surface area contributed by atoms with Crippen molar-refractivity contribution in [2.45, 2.75) is 424 Å². The number of aliphatic hydroxyl groups excluding tert-OH is 2. The minimum absolute atomic E-state index is 0.00426. The average molecular weight is 1150 g/mol. The van der Waals surface area contributed by atoms with Crippen LogP contribution in [-0.4, -0.2) is 47.4 Å². The van der Waals surface area contributed by atoms with Crippen LogP contribution in [0, 0.1) is 0 Å². The van der Waals surface area contributed by atoms with Gasteiger partial charge in [-0.15, -0.1) is 0 Å². The number of unbranched alkanes of at least 4 members (excludes halogenated alkanes) is 55. The van der Waals surface area contributed by atoms with Crippen LogP contribution in [0.5, 0.6) is 0 Å². The number of hydrogen-bond acceptors (Lipinski definition) is 5. The topological polar surface area (TPSA) is 95.9 Å². The normalized spacial score (nSPS) is 12.7. The Morgan fingerprint density at radius 1 is 0.341 bits per heavy atom. The number of esters is 1. The predicted molar refractivity (Wildman–Crippen MR) is 361 cm³/mol. The van der Waals surface area contributed by atoms with E-state index < -0.39 is 12.1 Å². The van der Waals surface area contributed by atoms with Crippen molar-refractivity contribution in [1.29, 1.82) is 0 Å². The lowest BCUT2D eigenvalue weighted by Gasteiger charge is -2.20.